The van der Waals surface area contributed by atoms with Crippen LogP contribution < -0.4 is 5.32 Å². The summed E-state index contributed by atoms with van der Waals surface area (Å²) >= 11 is 1.76. The van der Waals surface area contributed by atoms with Crippen molar-refractivity contribution < 1.29 is 0 Å². The van der Waals surface area contributed by atoms with E-state index in [0.717, 1.165) is 25.6 Å². The first-order valence-electron chi connectivity index (χ1n) is 7.20. The third-order valence-electron chi connectivity index (χ3n) is 3.17. The van der Waals surface area contributed by atoms with Gasteiger partial charge in [-0.1, -0.05) is 20.3 Å². The molecule has 20 heavy (non-hydrogen) atoms. The highest BCUT2D eigenvalue weighted by molar-refractivity contribution is 14.0. The maximum Gasteiger partial charge on any atom is 0.193 e. The molecule has 0 amide bonds. The maximum absolute atomic E-state index is 4.76. The lowest BCUT2D eigenvalue weighted by molar-refractivity contribution is 0.464. The second kappa shape index (κ2) is 11.4. The van der Waals surface area contributed by atoms with Gasteiger partial charge in [-0.3, -0.25) is 4.99 Å². The zero-order valence-corrected chi connectivity index (χ0v) is 16.2. The minimum Gasteiger partial charge on any atom is -0.357 e. The molecule has 0 aliphatic carbocycles. The van der Waals surface area contributed by atoms with E-state index in [1.165, 1.54) is 18.4 Å². The van der Waals surface area contributed by atoms with Crippen molar-refractivity contribution in [2.45, 2.75) is 39.5 Å². The van der Waals surface area contributed by atoms with Crippen LogP contribution in [0.1, 0.15) is 45.1 Å². The van der Waals surface area contributed by atoms with Gasteiger partial charge in [0.1, 0.15) is 0 Å². The molecule has 0 saturated heterocycles. The highest BCUT2D eigenvalue weighted by atomic mass is 127. The van der Waals surface area contributed by atoms with Gasteiger partial charge in [0, 0.05) is 32.6 Å². The molecule has 0 aliphatic heterocycles. The Kier molecular flexibility index (Phi) is 11.2. The van der Waals surface area contributed by atoms with Crippen LogP contribution in [0.25, 0.3) is 0 Å². The van der Waals surface area contributed by atoms with E-state index in [2.05, 4.69) is 54.9 Å². The summed E-state index contributed by atoms with van der Waals surface area (Å²) in [4.78, 5) is 6.99. The lowest BCUT2D eigenvalue weighted by Crippen LogP contribution is -2.39. The first kappa shape index (κ1) is 19.7. The van der Waals surface area contributed by atoms with Crippen molar-refractivity contribution >= 4 is 41.3 Å². The van der Waals surface area contributed by atoms with Crippen LogP contribution in [-0.2, 0) is 0 Å². The molecule has 1 atom stereocenters. The van der Waals surface area contributed by atoms with Gasteiger partial charge in [-0.15, -0.1) is 24.0 Å². The zero-order valence-electron chi connectivity index (χ0n) is 13.1. The summed E-state index contributed by atoms with van der Waals surface area (Å²) in [6.45, 7) is 9.40. The molecular formula is C15H28IN3S. The predicted octanol–water partition coefficient (Wildman–Crippen LogP) is 4.17. The zero-order chi connectivity index (χ0) is 14.1. The fourth-order valence-corrected chi connectivity index (χ4v) is 2.64. The minimum absolute atomic E-state index is 0. The number of hydrogen-bond donors (Lipinski definition) is 1. The van der Waals surface area contributed by atoms with E-state index in [-0.39, 0.29) is 24.0 Å². The lowest BCUT2D eigenvalue weighted by atomic mass is 10.1. The number of halogens is 1. The van der Waals surface area contributed by atoms with Crippen molar-refractivity contribution in [2.75, 3.05) is 26.7 Å². The average Bonchev–Trinajstić information content (AvgIpc) is 2.94. The van der Waals surface area contributed by atoms with E-state index in [1.54, 1.807) is 11.3 Å². The number of rotatable bonds is 7. The van der Waals surface area contributed by atoms with Crippen LogP contribution in [0.4, 0.5) is 0 Å². The third kappa shape index (κ3) is 6.92. The molecule has 1 aromatic heterocycles. The number of guanidine groups is 1. The van der Waals surface area contributed by atoms with Gasteiger partial charge in [0.05, 0.1) is 0 Å². The van der Waals surface area contributed by atoms with E-state index < -0.39 is 0 Å². The van der Waals surface area contributed by atoms with Gasteiger partial charge in [0.25, 0.3) is 0 Å². The molecule has 0 fully saturated rings. The molecule has 0 bridgehead atoms. The first-order valence-corrected chi connectivity index (χ1v) is 8.14. The Bertz CT molecular complexity index is 365. The van der Waals surface area contributed by atoms with Crippen molar-refractivity contribution in [3.05, 3.63) is 22.4 Å². The monoisotopic (exact) mass is 409 g/mol. The van der Waals surface area contributed by atoms with Gasteiger partial charge in [-0.25, -0.2) is 0 Å². The van der Waals surface area contributed by atoms with Crippen LogP contribution >= 0.6 is 35.3 Å². The van der Waals surface area contributed by atoms with Crippen molar-refractivity contribution in [2.24, 2.45) is 4.99 Å². The van der Waals surface area contributed by atoms with E-state index in [1.807, 2.05) is 0 Å². The normalized spacial score (nSPS) is 12.7. The molecule has 1 heterocycles. The van der Waals surface area contributed by atoms with E-state index in [4.69, 9.17) is 4.99 Å². The Morgan fingerprint density at radius 2 is 2.20 bits per heavy atom. The predicted molar refractivity (Wildman–Crippen MR) is 102 cm³/mol. The van der Waals surface area contributed by atoms with Crippen LogP contribution in [0.2, 0.25) is 0 Å². The topological polar surface area (TPSA) is 27.6 Å². The largest absolute Gasteiger partial charge is 0.357 e. The second-order valence-electron chi connectivity index (χ2n) is 4.93. The molecule has 0 saturated carbocycles. The highest BCUT2D eigenvalue weighted by Crippen LogP contribution is 2.18. The van der Waals surface area contributed by atoms with Gasteiger partial charge in [-0.05, 0) is 35.7 Å². The van der Waals surface area contributed by atoms with Crippen LogP contribution in [0.3, 0.4) is 0 Å². The maximum atomic E-state index is 4.76. The number of unbranched alkanes of at least 4 members (excludes halogenated alkanes) is 1. The van der Waals surface area contributed by atoms with Crippen molar-refractivity contribution in [3.8, 4) is 0 Å². The number of nitrogens with one attached hydrogen (secondary N) is 1. The van der Waals surface area contributed by atoms with Gasteiger partial charge >= 0.3 is 0 Å². The fraction of sp³-hybridized carbons (Fsp3) is 0.667. The molecule has 5 heteroatoms. The van der Waals surface area contributed by atoms with Crippen molar-refractivity contribution in [1.29, 1.82) is 0 Å². The summed E-state index contributed by atoms with van der Waals surface area (Å²) < 4.78 is 0. The molecule has 116 valence electrons. The molecule has 1 unspecified atom stereocenters. The van der Waals surface area contributed by atoms with Gasteiger partial charge in [0.2, 0.25) is 0 Å². The van der Waals surface area contributed by atoms with Crippen LogP contribution in [-0.4, -0.2) is 37.5 Å². The molecular weight excluding hydrogens is 381 g/mol. The lowest BCUT2D eigenvalue weighted by Gasteiger charge is -2.22. The molecule has 0 aliphatic rings. The summed E-state index contributed by atoms with van der Waals surface area (Å²) in [5, 5.41) is 7.72. The molecule has 1 rings (SSSR count). The van der Waals surface area contributed by atoms with Gasteiger partial charge < -0.3 is 10.2 Å². The number of hydrogen-bond acceptors (Lipinski definition) is 2. The van der Waals surface area contributed by atoms with Crippen molar-refractivity contribution in [3.63, 3.8) is 0 Å². The number of nitrogens with zero attached hydrogens (tertiary/aromatic N) is 2. The molecule has 0 aromatic carbocycles. The van der Waals surface area contributed by atoms with Crippen LogP contribution in [0, 0.1) is 0 Å². The first-order chi connectivity index (χ1) is 9.19. The molecule has 3 nitrogen and oxygen atoms in total. The Balaban J connectivity index is 0.00000361. The summed E-state index contributed by atoms with van der Waals surface area (Å²) in [5.74, 6) is 1.51. The summed E-state index contributed by atoms with van der Waals surface area (Å²) in [5.41, 5.74) is 1.39. The fourth-order valence-electron chi connectivity index (χ4n) is 1.86. The Morgan fingerprint density at radius 1 is 1.45 bits per heavy atom. The average molecular weight is 409 g/mol. The van der Waals surface area contributed by atoms with Crippen molar-refractivity contribution in [1.82, 2.24) is 10.2 Å². The Labute approximate surface area is 144 Å². The van der Waals surface area contributed by atoms with E-state index in [0.29, 0.717) is 5.92 Å². The van der Waals surface area contributed by atoms with Crippen LogP contribution in [0.15, 0.2) is 21.8 Å². The molecule has 1 aromatic rings. The van der Waals surface area contributed by atoms with E-state index >= 15 is 0 Å². The Hall–Kier alpha value is -0.300. The SMILES string of the molecule is CCCCN(C)C(=NCC(C)c1ccsc1)NCC.I. The minimum atomic E-state index is 0. The Morgan fingerprint density at radius 3 is 2.75 bits per heavy atom. The standard InChI is InChI=1S/C15H27N3S.HI/c1-5-7-9-18(4)15(16-6-2)17-11-13(3)14-8-10-19-12-14;/h8,10,12-13H,5-7,9,11H2,1-4H3,(H,16,17);1H. The van der Waals surface area contributed by atoms with Gasteiger partial charge in [-0.2, -0.15) is 11.3 Å². The highest BCUT2D eigenvalue weighted by Gasteiger charge is 2.08. The second-order valence-corrected chi connectivity index (χ2v) is 5.71. The molecule has 0 radical (unpaired) electrons. The van der Waals surface area contributed by atoms with Gasteiger partial charge in [0.15, 0.2) is 5.96 Å². The third-order valence-corrected chi connectivity index (χ3v) is 3.87. The number of aliphatic imine (C=N–C) groups is 1. The quantitative estimate of drug-likeness (QED) is 0.416. The molecule has 1 N–H and O–H groups in total. The summed E-state index contributed by atoms with van der Waals surface area (Å²) in [7, 11) is 2.12. The smallest absolute Gasteiger partial charge is 0.193 e. The summed E-state index contributed by atoms with van der Waals surface area (Å²) in [6, 6.07) is 2.19. The van der Waals surface area contributed by atoms with E-state index in [9.17, 15) is 0 Å². The summed E-state index contributed by atoms with van der Waals surface area (Å²) in [6.07, 6.45) is 2.43. The molecule has 0 spiro atoms. The number of thiophene rings is 1. The van der Waals surface area contributed by atoms with Crippen LogP contribution in [0.5, 0.6) is 0 Å².